The number of methoxy groups -OCH3 is 1. The maximum Gasteiger partial charge on any atom is 0.330 e. The molecule has 1 aliphatic rings. The Balaban J connectivity index is 2.34. The molecule has 1 atom stereocenters. The fourth-order valence-electron chi connectivity index (χ4n) is 1.81. The van der Waals surface area contributed by atoms with Gasteiger partial charge in [0.05, 0.1) is 18.0 Å². The van der Waals surface area contributed by atoms with Crippen LogP contribution in [-0.2, 0) is 9.53 Å². The van der Waals surface area contributed by atoms with Gasteiger partial charge in [-0.25, -0.2) is 4.79 Å². The molecule has 1 rings (SSSR count). The highest BCUT2D eigenvalue weighted by atomic mass is 16.6. The third-order valence-electron chi connectivity index (χ3n) is 2.63. The third kappa shape index (κ3) is 3.49. The lowest BCUT2D eigenvalue weighted by Crippen LogP contribution is -2.07. The number of hydrogen-bond donors (Lipinski definition) is 0. The van der Waals surface area contributed by atoms with E-state index in [9.17, 15) is 14.9 Å². The number of esters is 1. The number of rotatable bonds is 5. The second kappa shape index (κ2) is 6.05. The van der Waals surface area contributed by atoms with Crippen molar-refractivity contribution in [3.05, 3.63) is 34.0 Å². The number of nitro groups is 1. The number of carbonyl (C=O) groups is 1. The molecule has 5 nitrogen and oxygen atoms in total. The summed E-state index contributed by atoms with van der Waals surface area (Å²) in [7, 11) is 1.32. The molecular formula is C11H15NO4. The zero-order chi connectivity index (χ0) is 12.0. The first-order valence-corrected chi connectivity index (χ1v) is 5.24. The van der Waals surface area contributed by atoms with Crippen LogP contribution in [0.3, 0.4) is 0 Å². The predicted octanol–water partition coefficient (Wildman–Crippen LogP) is 2.07. The Bertz CT molecular complexity index is 333. The van der Waals surface area contributed by atoms with Gasteiger partial charge in [-0.2, -0.15) is 0 Å². The lowest BCUT2D eigenvalue weighted by atomic mass is 10.0. The maximum absolute atomic E-state index is 10.8. The Morgan fingerprint density at radius 1 is 1.75 bits per heavy atom. The molecule has 0 aromatic carbocycles. The standard InChI is InChI=1S/C11H15NO4/c1-16-11(13)8-3-2-5-9-6-4-7-10(9)12(14)15/h3,7-9H,2,4-6H2,1H3/b8-3+. The summed E-state index contributed by atoms with van der Waals surface area (Å²) in [6.45, 7) is 0. The average Bonchev–Trinajstić information content (AvgIpc) is 2.72. The van der Waals surface area contributed by atoms with Gasteiger partial charge in [0.2, 0.25) is 5.70 Å². The van der Waals surface area contributed by atoms with Crippen LogP contribution in [0.25, 0.3) is 0 Å². The molecule has 0 aliphatic heterocycles. The van der Waals surface area contributed by atoms with Crippen molar-refractivity contribution < 1.29 is 14.5 Å². The molecule has 0 spiro atoms. The van der Waals surface area contributed by atoms with Gasteiger partial charge in [0.15, 0.2) is 0 Å². The van der Waals surface area contributed by atoms with Crippen molar-refractivity contribution in [3.8, 4) is 0 Å². The molecule has 1 aliphatic carbocycles. The minimum Gasteiger partial charge on any atom is -0.466 e. The summed E-state index contributed by atoms with van der Waals surface area (Å²) in [4.78, 5) is 21.1. The van der Waals surface area contributed by atoms with Gasteiger partial charge in [-0.1, -0.05) is 6.08 Å². The monoisotopic (exact) mass is 225 g/mol. The van der Waals surface area contributed by atoms with Gasteiger partial charge in [0, 0.05) is 6.08 Å². The van der Waals surface area contributed by atoms with Gasteiger partial charge in [-0.3, -0.25) is 10.1 Å². The molecule has 0 saturated heterocycles. The van der Waals surface area contributed by atoms with Gasteiger partial charge >= 0.3 is 5.97 Å². The highest BCUT2D eigenvalue weighted by Crippen LogP contribution is 2.29. The van der Waals surface area contributed by atoms with Crippen molar-refractivity contribution in [2.24, 2.45) is 5.92 Å². The Morgan fingerprint density at radius 3 is 3.12 bits per heavy atom. The molecule has 1 unspecified atom stereocenters. The number of ether oxygens (including phenoxy) is 1. The number of nitrogens with zero attached hydrogens (tertiary/aromatic N) is 1. The summed E-state index contributed by atoms with van der Waals surface area (Å²) in [5.41, 5.74) is 0.325. The van der Waals surface area contributed by atoms with Crippen molar-refractivity contribution >= 4 is 5.97 Å². The molecule has 0 aromatic rings. The van der Waals surface area contributed by atoms with E-state index in [4.69, 9.17) is 0 Å². The van der Waals surface area contributed by atoms with Crippen LogP contribution in [0.2, 0.25) is 0 Å². The summed E-state index contributed by atoms with van der Waals surface area (Å²) in [6.07, 6.45) is 7.72. The van der Waals surface area contributed by atoms with Crippen LogP contribution in [0, 0.1) is 16.0 Å². The van der Waals surface area contributed by atoms with Gasteiger partial charge in [-0.05, 0) is 31.8 Å². The van der Waals surface area contributed by atoms with Gasteiger partial charge < -0.3 is 4.74 Å². The van der Waals surface area contributed by atoms with Crippen LogP contribution >= 0.6 is 0 Å². The molecule has 88 valence electrons. The fraction of sp³-hybridized carbons (Fsp3) is 0.545. The van der Waals surface area contributed by atoms with E-state index in [1.807, 2.05) is 0 Å². The Hall–Kier alpha value is -1.65. The summed E-state index contributed by atoms with van der Waals surface area (Å²) in [5.74, 6) is -0.367. The molecule has 0 amide bonds. The molecule has 16 heavy (non-hydrogen) atoms. The smallest absolute Gasteiger partial charge is 0.330 e. The van der Waals surface area contributed by atoms with Crippen molar-refractivity contribution in [1.29, 1.82) is 0 Å². The number of carbonyl (C=O) groups excluding carboxylic acids is 1. The van der Waals surface area contributed by atoms with Crippen LogP contribution in [-0.4, -0.2) is 18.0 Å². The highest BCUT2D eigenvalue weighted by molar-refractivity contribution is 5.81. The van der Waals surface area contributed by atoms with Gasteiger partial charge in [0.1, 0.15) is 0 Å². The fourth-order valence-corrected chi connectivity index (χ4v) is 1.81. The summed E-state index contributed by atoms with van der Waals surface area (Å²) in [5, 5.41) is 10.6. The topological polar surface area (TPSA) is 69.4 Å². The van der Waals surface area contributed by atoms with Crippen molar-refractivity contribution in [3.63, 3.8) is 0 Å². The molecule has 0 fully saturated rings. The first-order valence-electron chi connectivity index (χ1n) is 5.24. The quantitative estimate of drug-likeness (QED) is 0.311. The van der Waals surface area contributed by atoms with Gasteiger partial charge in [-0.15, -0.1) is 0 Å². The zero-order valence-electron chi connectivity index (χ0n) is 9.22. The zero-order valence-corrected chi connectivity index (χ0v) is 9.22. The van der Waals surface area contributed by atoms with Crippen molar-refractivity contribution in [2.75, 3.05) is 7.11 Å². The minimum absolute atomic E-state index is 0.0253. The highest BCUT2D eigenvalue weighted by Gasteiger charge is 2.27. The molecule has 0 N–H and O–H groups in total. The first-order chi connectivity index (χ1) is 7.65. The first kappa shape index (κ1) is 12.4. The molecule has 0 radical (unpaired) electrons. The maximum atomic E-state index is 10.8. The molecule has 0 saturated carbocycles. The molecule has 0 aromatic heterocycles. The van der Waals surface area contributed by atoms with Crippen molar-refractivity contribution in [1.82, 2.24) is 0 Å². The normalized spacial score (nSPS) is 19.8. The van der Waals surface area contributed by atoms with Crippen LogP contribution in [0.15, 0.2) is 23.9 Å². The van der Waals surface area contributed by atoms with E-state index in [1.54, 1.807) is 12.2 Å². The Morgan fingerprint density at radius 2 is 2.50 bits per heavy atom. The molecular weight excluding hydrogens is 210 g/mol. The largest absolute Gasteiger partial charge is 0.466 e. The van der Waals surface area contributed by atoms with E-state index >= 15 is 0 Å². The van der Waals surface area contributed by atoms with Crippen LogP contribution in [0.5, 0.6) is 0 Å². The Labute approximate surface area is 93.9 Å². The van der Waals surface area contributed by atoms with E-state index in [-0.39, 0.29) is 10.8 Å². The average molecular weight is 225 g/mol. The summed E-state index contributed by atoms with van der Waals surface area (Å²) >= 11 is 0. The van der Waals surface area contributed by atoms with E-state index in [0.29, 0.717) is 18.5 Å². The third-order valence-corrected chi connectivity index (χ3v) is 2.63. The number of hydrogen-bond acceptors (Lipinski definition) is 4. The predicted molar refractivity (Wildman–Crippen MR) is 58.2 cm³/mol. The summed E-state index contributed by atoms with van der Waals surface area (Å²) in [6, 6.07) is 0. The SMILES string of the molecule is COC(=O)/C=C/CCC1CCC=C1[N+](=O)[O-]. The van der Waals surface area contributed by atoms with Gasteiger partial charge in [0.25, 0.3) is 0 Å². The Kier molecular flexibility index (Phi) is 4.69. The van der Waals surface area contributed by atoms with Crippen molar-refractivity contribution in [2.45, 2.75) is 25.7 Å². The van der Waals surface area contributed by atoms with E-state index in [1.165, 1.54) is 13.2 Å². The lowest BCUT2D eigenvalue weighted by molar-refractivity contribution is -0.432. The number of allylic oxidation sites excluding steroid dienone is 3. The minimum atomic E-state index is -0.392. The van der Waals surface area contributed by atoms with E-state index in [0.717, 1.165) is 12.8 Å². The lowest BCUT2D eigenvalue weighted by Gasteiger charge is -2.05. The van der Waals surface area contributed by atoms with Crippen LogP contribution < -0.4 is 0 Å². The van der Waals surface area contributed by atoms with E-state index < -0.39 is 5.97 Å². The van der Waals surface area contributed by atoms with Crippen LogP contribution in [0.4, 0.5) is 0 Å². The molecule has 5 heteroatoms. The van der Waals surface area contributed by atoms with E-state index in [2.05, 4.69) is 4.74 Å². The van der Waals surface area contributed by atoms with Crippen LogP contribution in [0.1, 0.15) is 25.7 Å². The second-order valence-electron chi connectivity index (χ2n) is 3.66. The molecule has 0 heterocycles. The summed E-state index contributed by atoms with van der Waals surface area (Å²) < 4.78 is 4.44. The second-order valence-corrected chi connectivity index (χ2v) is 3.66. The molecule has 0 bridgehead atoms.